The summed E-state index contributed by atoms with van der Waals surface area (Å²) >= 11 is 0. The minimum Gasteiger partial charge on any atom is -0.406 e. The van der Waals surface area contributed by atoms with Crippen LogP contribution in [-0.4, -0.2) is 35.6 Å². The van der Waals surface area contributed by atoms with Gasteiger partial charge in [-0.1, -0.05) is 12.1 Å². The van der Waals surface area contributed by atoms with Crippen molar-refractivity contribution in [3.8, 4) is 5.75 Å². The van der Waals surface area contributed by atoms with Gasteiger partial charge in [-0.2, -0.15) is 5.10 Å². The molecule has 3 rings (SSSR count). The number of nitrogens with one attached hydrogen (secondary N) is 2. The summed E-state index contributed by atoms with van der Waals surface area (Å²) in [5.74, 6) is -0.696. The van der Waals surface area contributed by atoms with Gasteiger partial charge in [0.25, 0.3) is 5.56 Å². The number of H-pyrrole nitrogens is 1. The van der Waals surface area contributed by atoms with Crippen molar-refractivity contribution in [3.63, 3.8) is 0 Å². The lowest BCUT2D eigenvalue weighted by atomic mass is 10.1. The van der Waals surface area contributed by atoms with Gasteiger partial charge in [0, 0.05) is 25.7 Å². The fraction of sp³-hybridized carbons (Fsp3) is 0.353. The van der Waals surface area contributed by atoms with Crippen LogP contribution in [0.15, 0.2) is 41.3 Å². The lowest BCUT2D eigenvalue weighted by Gasteiger charge is -2.17. The fourth-order valence-electron chi connectivity index (χ4n) is 2.89. The van der Waals surface area contributed by atoms with E-state index in [1.807, 2.05) is 4.90 Å². The zero-order valence-electron chi connectivity index (χ0n) is 14.1. The van der Waals surface area contributed by atoms with Gasteiger partial charge in [0.05, 0.1) is 17.8 Å². The van der Waals surface area contributed by atoms with Gasteiger partial charge in [-0.05, 0) is 24.1 Å². The Bertz CT molecular complexity index is 851. The Balaban J connectivity index is 1.50. The topological polar surface area (TPSA) is 87.3 Å². The molecule has 1 aromatic heterocycles. The Hall–Kier alpha value is -3.04. The fourth-order valence-corrected chi connectivity index (χ4v) is 2.89. The van der Waals surface area contributed by atoms with Gasteiger partial charge in [-0.3, -0.25) is 9.59 Å². The summed E-state index contributed by atoms with van der Waals surface area (Å²) in [4.78, 5) is 25.6. The van der Waals surface area contributed by atoms with Crippen LogP contribution in [0, 0.1) is 5.92 Å². The minimum absolute atomic E-state index is 0.147. The van der Waals surface area contributed by atoms with E-state index in [-0.39, 0.29) is 29.7 Å². The molecule has 0 radical (unpaired) electrons. The largest absolute Gasteiger partial charge is 0.573 e. The molecule has 27 heavy (non-hydrogen) atoms. The summed E-state index contributed by atoms with van der Waals surface area (Å²) < 4.78 is 40.2. The smallest absolute Gasteiger partial charge is 0.406 e. The second-order valence-electron chi connectivity index (χ2n) is 6.14. The van der Waals surface area contributed by atoms with Gasteiger partial charge in [0.15, 0.2) is 0 Å². The summed E-state index contributed by atoms with van der Waals surface area (Å²) in [5.41, 5.74) is 1.01. The molecule has 1 aromatic carbocycles. The predicted octanol–water partition coefficient (Wildman–Crippen LogP) is 1.81. The van der Waals surface area contributed by atoms with Crippen molar-refractivity contribution in [2.24, 2.45) is 5.92 Å². The summed E-state index contributed by atoms with van der Waals surface area (Å²) in [6.07, 6.45) is -2.56. The number of carbonyl (C=O) groups is 1. The first kappa shape index (κ1) is 18.7. The van der Waals surface area contributed by atoms with E-state index in [1.165, 1.54) is 36.5 Å². The molecule has 2 aromatic rings. The second-order valence-corrected chi connectivity index (χ2v) is 6.14. The molecule has 1 fully saturated rings. The molecule has 1 saturated heterocycles. The predicted molar refractivity (Wildman–Crippen MR) is 90.1 cm³/mol. The van der Waals surface area contributed by atoms with Gasteiger partial charge in [0.2, 0.25) is 5.91 Å². The van der Waals surface area contributed by atoms with Crippen LogP contribution in [0.3, 0.4) is 0 Å². The van der Waals surface area contributed by atoms with Crippen LogP contribution in [0.4, 0.5) is 18.9 Å². The number of benzene rings is 1. The normalized spacial score (nSPS) is 17.0. The van der Waals surface area contributed by atoms with E-state index in [0.717, 1.165) is 0 Å². The molecule has 2 N–H and O–H groups in total. The van der Waals surface area contributed by atoms with Crippen molar-refractivity contribution < 1.29 is 22.7 Å². The standard InChI is InChI=1S/C17H17F3N4O3/c18-17(19,20)27-14-3-1-11(2-4-14)8-21-16(26)12-5-6-24(10-12)13-7-15(25)23-22-9-13/h1-4,7,9,12H,5-6,8,10H2,(H,21,26)(H,23,25). The number of hydrogen-bond acceptors (Lipinski definition) is 5. The van der Waals surface area contributed by atoms with Crippen LogP contribution < -0.4 is 20.5 Å². The molecule has 144 valence electrons. The van der Waals surface area contributed by atoms with Crippen LogP contribution >= 0.6 is 0 Å². The van der Waals surface area contributed by atoms with E-state index in [4.69, 9.17) is 0 Å². The lowest BCUT2D eigenvalue weighted by molar-refractivity contribution is -0.274. The number of ether oxygens (including phenoxy) is 1. The van der Waals surface area contributed by atoms with Crippen LogP contribution in [0.2, 0.25) is 0 Å². The maximum Gasteiger partial charge on any atom is 0.573 e. The molecule has 1 aliphatic rings. The van der Waals surface area contributed by atoms with E-state index in [2.05, 4.69) is 20.3 Å². The van der Waals surface area contributed by atoms with Gasteiger partial charge in [-0.15, -0.1) is 13.2 Å². The molecule has 0 spiro atoms. The zero-order chi connectivity index (χ0) is 19.4. The quantitative estimate of drug-likeness (QED) is 0.824. The van der Waals surface area contributed by atoms with E-state index in [1.54, 1.807) is 0 Å². The molecular weight excluding hydrogens is 365 g/mol. The van der Waals surface area contributed by atoms with Crippen LogP contribution in [0.5, 0.6) is 5.75 Å². The SMILES string of the molecule is O=C(NCc1ccc(OC(F)(F)F)cc1)C1CCN(c2cn[nH]c(=O)c2)C1. The first-order valence-electron chi connectivity index (χ1n) is 8.22. The van der Waals surface area contributed by atoms with Crippen LogP contribution in [0.1, 0.15) is 12.0 Å². The third-order valence-electron chi connectivity index (χ3n) is 4.20. The van der Waals surface area contributed by atoms with Crippen molar-refractivity contribution in [3.05, 3.63) is 52.4 Å². The maximum atomic E-state index is 12.3. The molecule has 10 heteroatoms. The van der Waals surface area contributed by atoms with E-state index >= 15 is 0 Å². The maximum absolute atomic E-state index is 12.3. The average Bonchev–Trinajstić information content (AvgIpc) is 3.10. The number of alkyl halides is 3. The van der Waals surface area contributed by atoms with Crippen LogP contribution in [-0.2, 0) is 11.3 Å². The highest BCUT2D eigenvalue weighted by molar-refractivity contribution is 5.80. The molecule has 1 atom stereocenters. The highest BCUT2D eigenvalue weighted by Gasteiger charge is 2.31. The monoisotopic (exact) mass is 382 g/mol. The average molecular weight is 382 g/mol. The molecule has 2 heterocycles. The van der Waals surface area contributed by atoms with Gasteiger partial charge in [-0.25, -0.2) is 5.10 Å². The molecular formula is C17H17F3N4O3. The Labute approximate surface area is 152 Å². The zero-order valence-corrected chi connectivity index (χ0v) is 14.1. The number of anilines is 1. The molecule has 0 aliphatic carbocycles. The Morgan fingerprint density at radius 2 is 2.07 bits per heavy atom. The Kier molecular flexibility index (Phi) is 5.33. The first-order valence-corrected chi connectivity index (χ1v) is 8.22. The molecule has 0 saturated carbocycles. The third kappa shape index (κ3) is 5.22. The summed E-state index contributed by atoms with van der Waals surface area (Å²) in [5, 5.41) is 8.82. The molecule has 1 unspecified atom stereocenters. The Morgan fingerprint density at radius 3 is 2.74 bits per heavy atom. The van der Waals surface area contributed by atoms with E-state index < -0.39 is 6.36 Å². The Morgan fingerprint density at radius 1 is 1.33 bits per heavy atom. The lowest BCUT2D eigenvalue weighted by Crippen LogP contribution is -2.32. The number of aromatic amines is 1. The van der Waals surface area contributed by atoms with Gasteiger partial charge < -0.3 is 15.0 Å². The van der Waals surface area contributed by atoms with Crippen molar-refractivity contribution in [2.45, 2.75) is 19.3 Å². The summed E-state index contributed by atoms with van der Waals surface area (Å²) in [6.45, 7) is 1.30. The second kappa shape index (κ2) is 7.68. The third-order valence-corrected chi connectivity index (χ3v) is 4.20. The highest BCUT2D eigenvalue weighted by Crippen LogP contribution is 2.24. The number of nitrogens with zero attached hydrogens (tertiary/aromatic N) is 2. The summed E-state index contributed by atoms with van der Waals surface area (Å²) in [6, 6.07) is 6.75. The number of carbonyl (C=O) groups excluding carboxylic acids is 1. The molecule has 0 bridgehead atoms. The van der Waals surface area contributed by atoms with Crippen LogP contribution in [0.25, 0.3) is 0 Å². The van der Waals surface area contributed by atoms with E-state index in [0.29, 0.717) is 30.8 Å². The van der Waals surface area contributed by atoms with Crippen molar-refractivity contribution >= 4 is 11.6 Å². The molecule has 7 nitrogen and oxygen atoms in total. The minimum atomic E-state index is -4.73. The summed E-state index contributed by atoms with van der Waals surface area (Å²) in [7, 11) is 0. The van der Waals surface area contributed by atoms with Gasteiger partial charge >= 0.3 is 6.36 Å². The molecule has 1 aliphatic heterocycles. The van der Waals surface area contributed by atoms with Crippen molar-refractivity contribution in [1.29, 1.82) is 0 Å². The van der Waals surface area contributed by atoms with E-state index in [9.17, 15) is 22.8 Å². The number of amides is 1. The first-order chi connectivity index (χ1) is 12.8. The van der Waals surface area contributed by atoms with Crippen molar-refractivity contribution in [2.75, 3.05) is 18.0 Å². The number of rotatable bonds is 5. The number of halogens is 3. The molecule has 1 amide bonds. The highest BCUT2D eigenvalue weighted by atomic mass is 19.4. The van der Waals surface area contributed by atoms with Crippen molar-refractivity contribution in [1.82, 2.24) is 15.5 Å². The van der Waals surface area contributed by atoms with Gasteiger partial charge in [0.1, 0.15) is 5.75 Å². The number of aromatic nitrogens is 2. The number of hydrogen-bond donors (Lipinski definition) is 2.